The van der Waals surface area contributed by atoms with E-state index in [0.717, 1.165) is 43.8 Å². The minimum atomic E-state index is -0.183. The van der Waals surface area contributed by atoms with Crippen LogP contribution in [0.2, 0.25) is 0 Å². The molecule has 1 N–H and O–H groups in total. The third-order valence-electron chi connectivity index (χ3n) is 5.37. The summed E-state index contributed by atoms with van der Waals surface area (Å²) in [6.07, 6.45) is 3.60. The minimum Gasteiger partial charge on any atom is -0.497 e. The van der Waals surface area contributed by atoms with E-state index in [2.05, 4.69) is 34.7 Å². The van der Waals surface area contributed by atoms with Crippen LogP contribution in [0.25, 0.3) is 10.8 Å². The lowest BCUT2D eigenvalue weighted by Gasteiger charge is -2.07. The first kappa shape index (κ1) is 19.5. The highest BCUT2D eigenvalue weighted by atomic mass is 16.5. The van der Waals surface area contributed by atoms with Crippen LogP contribution >= 0.6 is 0 Å². The van der Waals surface area contributed by atoms with Gasteiger partial charge in [-0.05, 0) is 47.7 Å². The van der Waals surface area contributed by atoms with Crippen molar-refractivity contribution in [3.05, 3.63) is 59.5 Å². The van der Waals surface area contributed by atoms with Gasteiger partial charge in [0.05, 0.1) is 13.7 Å². The Kier molecular flexibility index (Phi) is 6.10. The van der Waals surface area contributed by atoms with E-state index < -0.39 is 0 Å². The van der Waals surface area contributed by atoms with Gasteiger partial charge in [-0.25, -0.2) is 0 Å². The zero-order valence-electron chi connectivity index (χ0n) is 16.6. The summed E-state index contributed by atoms with van der Waals surface area (Å²) in [5, 5.41) is 9.20. The van der Waals surface area contributed by atoms with Gasteiger partial charge in [-0.3, -0.25) is 4.79 Å². The summed E-state index contributed by atoms with van der Waals surface area (Å²) >= 11 is 0. The standard InChI is InChI=1S/C23H26N2O4/c1-27-20-8-7-18-11-16(5-6-19(18)12-20)3-2-4-21-13-22(25-29-21)23(26)24-14-17-9-10-28-15-17/h5-8,11-13,17H,2-4,9-10,14-15H2,1H3,(H,24,26). The van der Waals surface area contributed by atoms with Gasteiger partial charge in [0.15, 0.2) is 5.69 Å². The van der Waals surface area contributed by atoms with E-state index >= 15 is 0 Å². The van der Waals surface area contributed by atoms with E-state index in [1.807, 2.05) is 12.1 Å². The van der Waals surface area contributed by atoms with Crippen molar-refractivity contribution in [2.75, 3.05) is 26.9 Å². The second-order valence-corrected chi connectivity index (χ2v) is 7.52. The number of hydrogen-bond acceptors (Lipinski definition) is 5. The lowest BCUT2D eigenvalue weighted by Crippen LogP contribution is -2.29. The quantitative estimate of drug-likeness (QED) is 0.629. The maximum absolute atomic E-state index is 12.2. The Morgan fingerprint density at radius 3 is 2.86 bits per heavy atom. The predicted octanol–water partition coefficient (Wildman–Crippen LogP) is 3.78. The van der Waals surface area contributed by atoms with Crippen LogP contribution in [0.1, 0.15) is 34.7 Å². The molecule has 2 aromatic carbocycles. The molecular formula is C23H26N2O4. The lowest BCUT2D eigenvalue weighted by molar-refractivity contribution is 0.0936. The van der Waals surface area contributed by atoms with Crippen LogP contribution in [-0.2, 0) is 17.6 Å². The molecule has 1 atom stereocenters. The van der Waals surface area contributed by atoms with Gasteiger partial charge >= 0.3 is 0 Å². The summed E-state index contributed by atoms with van der Waals surface area (Å²) < 4.78 is 15.9. The first-order valence-electron chi connectivity index (χ1n) is 10.1. The number of ether oxygens (including phenoxy) is 2. The van der Waals surface area contributed by atoms with Crippen molar-refractivity contribution >= 4 is 16.7 Å². The maximum Gasteiger partial charge on any atom is 0.273 e. The highest BCUT2D eigenvalue weighted by molar-refractivity contribution is 5.92. The molecule has 6 nitrogen and oxygen atoms in total. The second kappa shape index (κ2) is 9.09. The fourth-order valence-electron chi connectivity index (χ4n) is 3.63. The number of rotatable bonds is 8. The van der Waals surface area contributed by atoms with Crippen molar-refractivity contribution in [2.45, 2.75) is 25.7 Å². The molecule has 0 radical (unpaired) electrons. The number of aryl methyl sites for hydroxylation is 2. The molecule has 1 aliphatic rings. The Morgan fingerprint density at radius 1 is 1.17 bits per heavy atom. The van der Waals surface area contributed by atoms with Crippen LogP contribution in [0.3, 0.4) is 0 Å². The van der Waals surface area contributed by atoms with Gasteiger partial charge in [0, 0.05) is 31.6 Å². The van der Waals surface area contributed by atoms with Crippen LogP contribution in [0.4, 0.5) is 0 Å². The molecule has 1 fully saturated rings. The second-order valence-electron chi connectivity index (χ2n) is 7.52. The van der Waals surface area contributed by atoms with Gasteiger partial charge in [-0.1, -0.05) is 29.4 Å². The van der Waals surface area contributed by atoms with Crippen molar-refractivity contribution in [3.8, 4) is 5.75 Å². The summed E-state index contributed by atoms with van der Waals surface area (Å²) in [7, 11) is 1.68. The molecule has 4 rings (SSSR count). The average molecular weight is 394 g/mol. The largest absolute Gasteiger partial charge is 0.497 e. The number of fused-ring (bicyclic) bond motifs is 1. The summed E-state index contributed by atoms with van der Waals surface area (Å²) in [5.74, 6) is 1.82. The molecule has 1 aromatic heterocycles. The summed E-state index contributed by atoms with van der Waals surface area (Å²) in [5.41, 5.74) is 1.62. The number of aromatic nitrogens is 1. The van der Waals surface area contributed by atoms with Gasteiger partial charge in [-0.2, -0.15) is 0 Å². The number of carbonyl (C=O) groups excluding carboxylic acids is 1. The molecule has 1 unspecified atom stereocenters. The third-order valence-corrected chi connectivity index (χ3v) is 5.37. The number of carbonyl (C=O) groups is 1. The Balaban J connectivity index is 1.27. The fourth-order valence-corrected chi connectivity index (χ4v) is 3.63. The van der Waals surface area contributed by atoms with E-state index in [-0.39, 0.29) is 5.91 Å². The van der Waals surface area contributed by atoms with Crippen LogP contribution in [0.5, 0.6) is 5.75 Å². The van der Waals surface area contributed by atoms with Crippen molar-refractivity contribution < 1.29 is 18.8 Å². The molecule has 1 saturated heterocycles. The highest BCUT2D eigenvalue weighted by Crippen LogP contribution is 2.22. The van der Waals surface area contributed by atoms with E-state index in [1.54, 1.807) is 13.2 Å². The normalized spacial score (nSPS) is 16.2. The topological polar surface area (TPSA) is 73.6 Å². The van der Waals surface area contributed by atoms with E-state index in [9.17, 15) is 4.79 Å². The Morgan fingerprint density at radius 2 is 2.03 bits per heavy atom. The average Bonchev–Trinajstić information content (AvgIpc) is 3.44. The first-order chi connectivity index (χ1) is 14.2. The van der Waals surface area contributed by atoms with Crippen molar-refractivity contribution in [2.24, 2.45) is 5.92 Å². The predicted molar refractivity (Wildman–Crippen MR) is 110 cm³/mol. The number of methoxy groups -OCH3 is 1. The maximum atomic E-state index is 12.2. The van der Waals surface area contributed by atoms with Crippen molar-refractivity contribution in [1.29, 1.82) is 0 Å². The molecule has 0 saturated carbocycles. The van der Waals surface area contributed by atoms with Gasteiger partial charge in [0.1, 0.15) is 11.5 Å². The molecule has 3 aromatic rings. The van der Waals surface area contributed by atoms with Gasteiger partial charge in [0.25, 0.3) is 5.91 Å². The molecule has 0 spiro atoms. The minimum absolute atomic E-state index is 0.183. The number of hydrogen-bond donors (Lipinski definition) is 1. The molecular weight excluding hydrogens is 368 g/mol. The van der Waals surface area contributed by atoms with E-state index in [1.165, 1.54) is 16.3 Å². The molecule has 29 heavy (non-hydrogen) atoms. The molecule has 1 aliphatic heterocycles. The van der Waals surface area contributed by atoms with E-state index in [0.29, 0.717) is 24.8 Å². The number of benzene rings is 2. The molecule has 1 amide bonds. The molecule has 0 aliphatic carbocycles. The zero-order chi connectivity index (χ0) is 20.1. The van der Waals surface area contributed by atoms with Crippen molar-refractivity contribution in [3.63, 3.8) is 0 Å². The van der Waals surface area contributed by atoms with Gasteiger partial charge in [0.2, 0.25) is 0 Å². The van der Waals surface area contributed by atoms with Gasteiger partial charge in [-0.15, -0.1) is 0 Å². The Hall–Kier alpha value is -2.86. The SMILES string of the molecule is COc1ccc2cc(CCCc3cc(C(=O)NCC4CCOC4)no3)ccc2c1. The number of amides is 1. The van der Waals surface area contributed by atoms with E-state index in [4.69, 9.17) is 14.0 Å². The smallest absolute Gasteiger partial charge is 0.273 e. The summed E-state index contributed by atoms with van der Waals surface area (Å²) in [4.78, 5) is 12.2. The van der Waals surface area contributed by atoms with Crippen LogP contribution in [0, 0.1) is 5.92 Å². The van der Waals surface area contributed by atoms with Crippen LogP contribution in [0.15, 0.2) is 47.0 Å². The Bertz CT molecular complexity index is 976. The highest BCUT2D eigenvalue weighted by Gasteiger charge is 2.18. The molecule has 0 bridgehead atoms. The fraction of sp³-hybridized carbons (Fsp3) is 0.391. The zero-order valence-corrected chi connectivity index (χ0v) is 16.6. The molecule has 6 heteroatoms. The molecule has 152 valence electrons. The summed E-state index contributed by atoms with van der Waals surface area (Å²) in [6.45, 7) is 2.11. The third kappa shape index (κ3) is 4.95. The van der Waals surface area contributed by atoms with Gasteiger partial charge < -0.3 is 19.3 Å². The number of nitrogens with one attached hydrogen (secondary N) is 1. The summed E-state index contributed by atoms with van der Waals surface area (Å²) in [6, 6.07) is 14.3. The Labute approximate surface area is 170 Å². The number of nitrogens with zero attached hydrogens (tertiary/aromatic N) is 1. The monoisotopic (exact) mass is 394 g/mol. The molecule has 2 heterocycles. The van der Waals surface area contributed by atoms with Crippen molar-refractivity contribution in [1.82, 2.24) is 10.5 Å². The first-order valence-corrected chi connectivity index (χ1v) is 10.1. The lowest BCUT2D eigenvalue weighted by atomic mass is 10.0. The van der Waals surface area contributed by atoms with Crippen LogP contribution in [-0.4, -0.2) is 37.9 Å². The van der Waals surface area contributed by atoms with Crippen LogP contribution < -0.4 is 10.1 Å².